The van der Waals surface area contributed by atoms with E-state index in [4.69, 9.17) is 16.3 Å². The maximum atomic E-state index is 12.2. The van der Waals surface area contributed by atoms with Gasteiger partial charge in [-0.25, -0.2) is 9.97 Å². The van der Waals surface area contributed by atoms with Crippen molar-refractivity contribution in [1.29, 1.82) is 0 Å². The van der Waals surface area contributed by atoms with Crippen molar-refractivity contribution in [2.75, 3.05) is 81.1 Å². The van der Waals surface area contributed by atoms with Crippen LogP contribution in [0.2, 0.25) is 5.15 Å². The van der Waals surface area contributed by atoms with Gasteiger partial charge in [-0.05, 0) is 18.6 Å². The molecule has 2 saturated heterocycles. The van der Waals surface area contributed by atoms with Crippen LogP contribution in [0.5, 0.6) is 0 Å². The Morgan fingerprint density at radius 2 is 1.82 bits per heavy atom. The van der Waals surface area contributed by atoms with Crippen LogP contribution in [0.4, 0.5) is 11.5 Å². The summed E-state index contributed by atoms with van der Waals surface area (Å²) in [5.41, 5.74) is 2.58. The van der Waals surface area contributed by atoms with Gasteiger partial charge in [0.05, 0.1) is 19.0 Å². The van der Waals surface area contributed by atoms with E-state index in [9.17, 15) is 4.79 Å². The van der Waals surface area contributed by atoms with E-state index in [-0.39, 0.29) is 11.7 Å². The number of morpholine rings is 1. The molecule has 2 aliphatic heterocycles. The number of benzene rings is 1. The first kappa shape index (κ1) is 24.1. The zero-order valence-electron chi connectivity index (χ0n) is 19.0. The number of nitrogens with one attached hydrogen (secondary N) is 1. The Hall–Kier alpha value is -2.07. The number of carbonyl (C=O) groups excluding carboxylic acids is 1. The molecule has 0 aliphatic carbocycles. The van der Waals surface area contributed by atoms with Gasteiger partial charge in [-0.1, -0.05) is 41.6 Å². The van der Waals surface area contributed by atoms with Gasteiger partial charge in [0.1, 0.15) is 11.0 Å². The first-order valence-electron chi connectivity index (χ1n) is 11.4. The molecule has 3 heterocycles. The van der Waals surface area contributed by atoms with Crippen molar-refractivity contribution >= 4 is 40.8 Å². The molecule has 1 N–H and O–H groups in total. The summed E-state index contributed by atoms with van der Waals surface area (Å²) < 4.78 is 5.35. The maximum absolute atomic E-state index is 12.2. The van der Waals surface area contributed by atoms with Gasteiger partial charge in [-0.3, -0.25) is 9.69 Å². The van der Waals surface area contributed by atoms with Crippen molar-refractivity contribution in [3.63, 3.8) is 0 Å². The van der Waals surface area contributed by atoms with E-state index < -0.39 is 0 Å². The fourth-order valence-corrected chi connectivity index (χ4v) is 4.98. The Balaban J connectivity index is 1.25. The third-order valence-electron chi connectivity index (χ3n) is 5.91. The highest BCUT2D eigenvalue weighted by atomic mass is 35.5. The Bertz CT molecular complexity index is 935. The van der Waals surface area contributed by atoms with Crippen LogP contribution in [0, 0.1) is 6.92 Å². The number of hydrogen-bond donors (Lipinski definition) is 1. The number of ether oxygens (including phenoxy) is 1. The Morgan fingerprint density at radius 3 is 2.58 bits per heavy atom. The fourth-order valence-electron chi connectivity index (χ4n) is 4.07. The molecule has 8 nitrogen and oxygen atoms in total. The SMILES string of the molecule is Cc1ccccc1N1CCN(c2cc(Cl)nc(SCC(=O)NCCN3CCOCC3)n2)CC1. The molecule has 0 unspecified atom stereocenters. The summed E-state index contributed by atoms with van der Waals surface area (Å²) in [7, 11) is 0. The highest BCUT2D eigenvalue weighted by Crippen LogP contribution is 2.25. The minimum absolute atomic E-state index is 0.0229. The van der Waals surface area contributed by atoms with E-state index in [1.807, 2.05) is 0 Å². The van der Waals surface area contributed by atoms with E-state index in [0.29, 0.717) is 16.9 Å². The number of hydrogen-bond acceptors (Lipinski definition) is 8. The van der Waals surface area contributed by atoms with Crippen LogP contribution in [0.25, 0.3) is 0 Å². The second-order valence-corrected chi connectivity index (χ2v) is 9.51. The number of carbonyl (C=O) groups is 1. The number of thioether (sulfide) groups is 1. The number of halogens is 1. The lowest BCUT2D eigenvalue weighted by Crippen LogP contribution is -2.47. The molecule has 0 bridgehead atoms. The average molecular weight is 491 g/mol. The lowest BCUT2D eigenvalue weighted by Gasteiger charge is -2.37. The average Bonchev–Trinajstić information content (AvgIpc) is 2.84. The second kappa shape index (κ2) is 11.9. The van der Waals surface area contributed by atoms with E-state index in [1.54, 1.807) is 6.07 Å². The smallest absolute Gasteiger partial charge is 0.230 e. The summed E-state index contributed by atoms with van der Waals surface area (Å²) in [6, 6.07) is 10.3. The lowest BCUT2D eigenvalue weighted by atomic mass is 10.1. The van der Waals surface area contributed by atoms with E-state index in [0.717, 1.165) is 64.8 Å². The summed E-state index contributed by atoms with van der Waals surface area (Å²) in [6.45, 7) is 10.5. The number of amides is 1. The molecule has 178 valence electrons. The topological polar surface area (TPSA) is 73.8 Å². The van der Waals surface area contributed by atoms with Gasteiger partial charge in [0.25, 0.3) is 0 Å². The molecular formula is C23H31ClN6O2S. The predicted molar refractivity (Wildman–Crippen MR) is 134 cm³/mol. The molecule has 2 aliphatic rings. The number of nitrogens with zero attached hydrogens (tertiary/aromatic N) is 5. The van der Waals surface area contributed by atoms with Gasteiger partial charge in [-0.2, -0.15) is 0 Å². The van der Waals surface area contributed by atoms with E-state index in [2.05, 4.69) is 61.2 Å². The summed E-state index contributed by atoms with van der Waals surface area (Å²) in [4.78, 5) is 28.2. The van der Waals surface area contributed by atoms with Crippen molar-refractivity contribution in [1.82, 2.24) is 20.2 Å². The third kappa shape index (κ3) is 6.96. The molecule has 0 radical (unpaired) electrons. The zero-order chi connectivity index (χ0) is 23.0. The van der Waals surface area contributed by atoms with Gasteiger partial charge in [0.2, 0.25) is 5.91 Å². The van der Waals surface area contributed by atoms with Crippen LogP contribution in [0.3, 0.4) is 0 Å². The van der Waals surface area contributed by atoms with Crippen molar-refractivity contribution in [3.8, 4) is 0 Å². The fraction of sp³-hybridized carbons (Fsp3) is 0.522. The number of piperazine rings is 1. The highest BCUT2D eigenvalue weighted by molar-refractivity contribution is 7.99. The zero-order valence-corrected chi connectivity index (χ0v) is 20.6. The number of aryl methyl sites for hydroxylation is 1. The molecule has 1 aromatic heterocycles. The Labute approximate surface area is 204 Å². The predicted octanol–water partition coefficient (Wildman–Crippen LogP) is 2.31. The van der Waals surface area contributed by atoms with Crippen molar-refractivity contribution in [2.24, 2.45) is 0 Å². The first-order valence-corrected chi connectivity index (χ1v) is 12.7. The van der Waals surface area contributed by atoms with Gasteiger partial charge < -0.3 is 19.9 Å². The summed E-state index contributed by atoms with van der Waals surface area (Å²) in [5.74, 6) is 1.06. The quantitative estimate of drug-likeness (QED) is 0.343. The van der Waals surface area contributed by atoms with Gasteiger partial charge in [0, 0.05) is 64.1 Å². The van der Waals surface area contributed by atoms with E-state index in [1.165, 1.54) is 23.0 Å². The molecule has 1 amide bonds. The summed E-state index contributed by atoms with van der Waals surface area (Å²) >= 11 is 7.60. The van der Waals surface area contributed by atoms with Crippen molar-refractivity contribution in [3.05, 3.63) is 41.0 Å². The first-order chi connectivity index (χ1) is 16.1. The molecule has 1 aromatic carbocycles. The van der Waals surface area contributed by atoms with Crippen LogP contribution in [-0.4, -0.2) is 92.1 Å². The molecule has 10 heteroatoms. The Morgan fingerprint density at radius 1 is 1.09 bits per heavy atom. The second-order valence-electron chi connectivity index (χ2n) is 8.18. The number of rotatable bonds is 8. The van der Waals surface area contributed by atoms with Gasteiger partial charge >= 0.3 is 0 Å². The van der Waals surface area contributed by atoms with Crippen LogP contribution >= 0.6 is 23.4 Å². The number of aromatic nitrogens is 2. The van der Waals surface area contributed by atoms with Crippen molar-refractivity contribution < 1.29 is 9.53 Å². The molecule has 0 atom stereocenters. The highest BCUT2D eigenvalue weighted by Gasteiger charge is 2.20. The van der Waals surface area contributed by atoms with Gasteiger partial charge in [0.15, 0.2) is 5.16 Å². The van der Waals surface area contributed by atoms with Crippen molar-refractivity contribution in [2.45, 2.75) is 12.1 Å². The monoisotopic (exact) mass is 490 g/mol. The molecule has 33 heavy (non-hydrogen) atoms. The van der Waals surface area contributed by atoms with E-state index >= 15 is 0 Å². The molecule has 2 fully saturated rings. The minimum atomic E-state index is -0.0229. The van der Waals surface area contributed by atoms with Crippen LogP contribution < -0.4 is 15.1 Å². The van der Waals surface area contributed by atoms with Crippen LogP contribution in [0.1, 0.15) is 5.56 Å². The summed E-state index contributed by atoms with van der Waals surface area (Å²) in [5, 5.41) is 3.90. The number of para-hydroxylation sites is 1. The molecule has 0 spiro atoms. The van der Waals surface area contributed by atoms with Crippen LogP contribution in [0.15, 0.2) is 35.5 Å². The molecule has 0 saturated carbocycles. The summed E-state index contributed by atoms with van der Waals surface area (Å²) in [6.07, 6.45) is 0. The lowest BCUT2D eigenvalue weighted by molar-refractivity contribution is -0.118. The minimum Gasteiger partial charge on any atom is -0.379 e. The van der Waals surface area contributed by atoms with Crippen LogP contribution in [-0.2, 0) is 9.53 Å². The number of anilines is 2. The molecular weight excluding hydrogens is 460 g/mol. The van der Waals surface area contributed by atoms with Gasteiger partial charge in [-0.15, -0.1) is 0 Å². The molecule has 2 aromatic rings. The largest absolute Gasteiger partial charge is 0.379 e. The third-order valence-corrected chi connectivity index (χ3v) is 6.95. The molecule has 4 rings (SSSR count). The Kier molecular flexibility index (Phi) is 8.66. The normalized spacial score (nSPS) is 17.3. The maximum Gasteiger partial charge on any atom is 0.230 e. The standard InChI is InChI=1S/C23H31ClN6O2S/c1-18-4-2-3-5-19(18)29-8-10-30(11-9-29)21-16-20(24)26-23(27-21)33-17-22(31)25-6-7-28-12-14-32-15-13-28/h2-5,16H,6-15,17H2,1H3,(H,25,31).